The Morgan fingerprint density at radius 2 is 1.92 bits per heavy atom. The molecule has 0 aromatic heterocycles. The number of nitrogens with one attached hydrogen (secondary N) is 1. The van der Waals surface area contributed by atoms with Gasteiger partial charge in [0.1, 0.15) is 5.75 Å². The van der Waals surface area contributed by atoms with Crippen LogP contribution in [0.15, 0.2) is 30.3 Å². The zero-order valence-corrected chi connectivity index (χ0v) is 14.5. The molecule has 0 fully saturated rings. The fourth-order valence-electron chi connectivity index (χ4n) is 2.46. The third kappa shape index (κ3) is 3.65. The first-order valence-electron chi connectivity index (χ1n) is 7.72. The van der Waals surface area contributed by atoms with E-state index in [0.717, 1.165) is 12.5 Å². The van der Waals surface area contributed by atoms with Crippen LogP contribution in [0.2, 0.25) is 5.02 Å². The number of rotatable bonds is 4. The summed E-state index contributed by atoms with van der Waals surface area (Å²) in [6, 6.07) is 6.89. The van der Waals surface area contributed by atoms with Gasteiger partial charge >= 0.3 is 0 Å². The van der Waals surface area contributed by atoms with Gasteiger partial charge in [0.2, 0.25) is 0 Å². The molecule has 1 aliphatic heterocycles. The molecule has 0 spiro atoms. The number of nitro groups is 1. The number of benzene rings is 2. The van der Waals surface area contributed by atoms with Crippen LogP contribution >= 0.6 is 11.6 Å². The Bertz CT molecular complexity index is 871. The summed E-state index contributed by atoms with van der Waals surface area (Å²) >= 11 is 6.21. The predicted octanol–water partition coefficient (Wildman–Crippen LogP) is 3.67. The largest absolute Gasteiger partial charge is 0.496 e. The van der Waals surface area contributed by atoms with E-state index in [1.165, 1.54) is 19.2 Å². The molecule has 136 valence electrons. The Kier molecular flexibility index (Phi) is 5.13. The Morgan fingerprint density at radius 3 is 2.58 bits per heavy atom. The topological polar surface area (TPSA) is 99.9 Å². The summed E-state index contributed by atoms with van der Waals surface area (Å²) in [7, 11) is 1.37. The van der Waals surface area contributed by atoms with Gasteiger partial charge in [0.25, 0.3) is 11.6 Å². The van der Waals surface area contributed by atoms with Crippen molar-refractivity contribution in [3.8, 4) is 17.2 Å². The monoisotopic (exact) mass is 378 g/mol. The number of hydrogen-bond acceptors (Lipinski definition) is 6. The molecule has 9 heteroatoms. The van der Waals surface area contributed by atoms with Gasteiger partial charge < -0.3 is 19.5 Å². The lowest BCUT2D eigenvalue weighted by Crippen LogP contribution is -2.14. The van der Waals surface area contributed by atoms with Gasteiger partial charge in [-0.15, -0.1) is 0 Å². The van der Waals surface area contributed by atoms with Gasteiger partial charge in [-0.1, -0.05) is 11.6 Å². The van der Waals surface area contributed by atoms with Crippen molar-refractivity contribution in [3.05, 3.63) is 51.0 Å². The standard InChI is InChI=1S/C17H15ClN2O6/c1-24-14-4-3-10(20(22)23)7-11(14)17(21)19-13-9-16-15(8-12(13)18)25-5-2-6-26-16/h3-4,7-9H,2,5-6H2,1H3,(H,19,21). The molecule has 3 rings (SSSR count). The number of fused-ring (bicyclic) bond motifs is 1. The van der Waals surface area contributed by atoms with Gasteiger partial charge in [-0.05, 0) is 6.07 Å². The van der Waals surface area contributed by atoms with E-state index >= 15 is 0 Å². The smallest absolute Gasteiger partial charge is 0.270 e. The molecule has 8 nitrogen and oxygen atoms in total. The minimum absolute atomic E-state index is 0.0184. The molecule has 2 aromatic carbocycles. The second-order valence-corrected chi connectivity index (χ2v) is 5.83. The molecule has 1 heterocycles. The summed E-state index contributed by atoms with van der Waals surface area (Å²) < 4.78 is 16.2. The Morgan fingerprint density at radius 1 is 1.23 bits per heavy atom. The SMILES string of the molecule is COc1ccc([N+](=O)[O-])cc1C(=O)Nc1cc2c(cc1Cl)OCCCO2. The van der Waals surface area contributed by atoms with Crippen molar-refractivity contribution in [3.63, 3.8) is 0 Å². The molecule has 26 heavy (non-hydrogen) atoms. The van der Waals surface area contributed by atoms with E-state index in [2.05, 4.69) is 5.32 Å². The average Bonchev–Trinajstić information content (AvgIpc) is 2.86. The number of non-ortho nitro benzene ring substituents is 1. The van der Waals surface area contributed by atoms with Crippen LogP contribution in [-0.4, -0.2) is 31.2 Å². The second-order valence-electron chi connectivity index (χ2n) is 5.43. The maximum atomic E-state index is 12.6. The van der Waals surface area contributed by atoms with E-state index in [9.17, 15) is 14.9 Å². The number of methoxy groups -OCH3 is 1. The van der Waals surface area contributed by atoms with Crippen LogP contribution in [-0.2, 0) is 0 Å². The van der Waals surface area contributed by atoms with Gasteiger partial charge in [-0.2, -0.15) is 0 Å². The first kappa shape index (κ1) is 17.8. The third-order valence-corrected chi connectivity index (χ3v) is 4.04. The van der Waals surface area contributed by atoms with Crippen LogP contribution in [0.4, 0.5) is 11.4 Å². The summed E-state index contributed by atoms with van der Waals surface area (Å²) in [5, 5.41) is 13.8. The molecule has 0 bridgehead atoms. The first-order valence-corrected chi connectivity index (χ1v) is 8.10. The summed E-state index contributed by atoms with van der Waals surface area (Å²) in [5.74, 6) is 0.576. The van der Waals surface area contributed by atoms with Gasteiger partial charge in [0.15, 0.2) is 11.5 Å². The Labute approximate surface area is 153 Å². The molecular weight excluding hydrogens is 364 g/mol. The van der Waals surface area contributed by atoms with Crippen LogP contribution in [0.25, 0.3) is 0 Å². The maximum absolute atomic E-state index is 12.6. The van der Waals surface area contributed by atoms with Crippen LogP contribution < -0.4 is 19.5 Å². The number of amides is 1. The fraction of sp³-hybridized carbons (Fsp3) is 0.235. The molecule has 1 N–H and O–H groups in total. The third-order valence-electron chi connectivity index (χ3n) is 3.72. The molecule has 1 amide bonds. The van der Waals surface area contributed by atoms with Crippen LogP contribution in [0.3, 0.4) is 0 Å². The zero-order valence-electron chi connectivity index (χ0n) is 13.8. The lowest BCUT2D eigenvalue weighted by atomic mass is 10.1. The molecule has 0 radical (unpaired) electrons. The van der Waals surface area contributed by atoms with Gasteiger partial charge in [-0.25, -0.2) is 0 Å². The average molecular weight is 379 g/mol. The van der Waals surface area contributed by atoms with Crippen molar-refractivity contribution in [1.29, 1.82) is 0 Å². The minimum Gasteiger partial charge on any atom is -0.496 e. The molecule has 2 aromatic rings. The zero-order chi connectivity index (χ0) is 18.7. The number of halogens is 1. The molecular formula is C17H15ClN2O6. The number of carbonyl (C=O) groups excluding carboxylic acids is 1. The number of hydrogen-bond donors (Lipinski definition) is 1. The number of ether oxygens (including phenoxy) is 3. The highest BCUT2D eigenvalue weighted by Crippen LogP contribution is 2.38. The van der Waals surface area contributed by atoms with E-state index in [1.807, 2.05) is 0 Å². The van der Waals surface area contributed by atoms with E-state index in [-0.39, 0.29) is 22.0 Å². The van der Waals surface area contributed by atoms with Crippen molar-refractivity contribution in [2.45, 2.75) is 6.42 Å². The first-order chi connectivity index (χ1) is 12.5. The maximum Gasteiger partial charge on any atom is 0.270 e. The highest BCUT2D eigenvalue weighted by molar-refractivity contribution is 6.34. The Balaban J connectivity index is 1.92. The van der Waals surface area contributed by atoms with Crippen molar-refractivity contribution < 1.29 is 23.9 Å². The number of anilines is 1. The lowest BCUT2D eigenvalue weighted by Gasteiger charge is -2.13. The van der Waals surface area contributed by atoms with Gasteiger partial charge in [0.05, 0.1) is 41.5 Å². The summed E-state index contributed by atoms with van der Waals surface area (Å²) in [6.07, 6.45) is 0.735. The molecule has 0 unspecified atom stereocenters. The summed E-state index contributed by atoms with van der Waals surface area (Å²) in [5.41, 5.74) is 0.0973. The van der Waals surface area contributed by atoms with Crippen LogP contribution in [0.5, 0.6) is 17.2 Å². The van der Waals surface area contributed by atoms with Crippen LogP contribution in [0, 0.1) is 10.1 Å². The molecule has 0 saturated heterocycles. The Hall–Kier alpha value is -3.00. The highest BCUT2D eigenvalue weighted by atomic mass is 35.5. The quantitative estimate of drug-likeness (QED) is 0.643. The van der Waals surface area contributed by atoms with Gasteiger partial charge in [0, 0.05) is 30.7 Å². The van der Waals surface area contributed by atoms with E-state index < -0.39 is 10.8 Å². The lowest BCUT2D eigenvalue weighted by molar-refractivity contribution is -0.384. The van der Waals surface area contributed by atoms with Crippen molar-refractivity contribution in [1.82, 2.24) is 0 Å². The molecule has 0 atom stereocenters. The van der Waals surface area contributed by atoms with E-state index in [0.29, 0.717) is 30.4 Å². The van der Waals surface area contributed by atoms with Crippen molar-refractivity contribution in [2.24, 2.45) is 0 Å². The van der Waals surface area contributed by atoms with Crippen molar-refractivity contribution >= 4 is 28.9 Å². The summed E-state index contributed by atoms with van der Waals surface area (Å²) in [4.78, 5) is 23.0. The van der Waals surface area contributed by atoms with E-state index in [4.69, 9.17) is 25.8 Å². The minimum atomic E-state index is -0.595. The number of nitro benzene ring substituents is 1. The normalized spacial score (nSPS) is 12.8. The fourth-order valence-corrected chi connectivity index (χ4v) is 2.66. The number of carbonyl (C=O) groups is 1. The van der Waals surface area contributed by atoms with Crippen molar-refractivity contribution in [2.75, 3.05) is 25.6 Å². The van der Waals surface area contributed by atoms with Crippen LogP contribution in [0.1, 0.15) is 16.8 Å². The van der Waals surface area contributed by atoms with E-state index in [1.54, 1.807) is 12.1 Å². The molecule has 0 saturated carbocycles. The highest BCUT2D eigenvalue weighted by Gasteiger charge is 2.20. The van der Waals surface area contributed by atoms with Gasteiger partial charge in [-0.3, -0.25) is 14.9 Å². The second kappa shape index (κ2) is 7.49. The molecule has 1 aliphatic rings. The summed E-state index contributed by atoms with van der Waals surface area (Å²) in [6.45, 7) is 1.00. The number of nitrogens with zero attached hydrogens (tertiary/aromatic N) is 1. The molecule has 0 aliphatic carbocycles. The predicted molar refractivity (Wildman–Crippen MR) is 94.7 cm³/mol.